The predicted molar refractivity (Wildman–Crippen MR) is 79.0 cm³/mol. The monoisotopic (exact) mass is 306 g/mol. The third kappa shape index (κ3) is 2.46. The fraction of sp³-hybridized carbons (Fsp3) is 0.231. The average Bonchev–Trinajstić information content (AvgIpc) is 2.39. The van der Waals surface area contributed by atoms with E-state index in [-0.39, 0.29) is 0 Å². The van der Waals surface area contributed by atoms with Crippen molar-refractivity contribution in [2.45, 2.75) is 0 Å². The Morgan fingerprint density at radius 2 is 1.78 bits per heavy atom. The summed E-state index contributed by atoms with van der Waals surface area (Å²) < 4.78 is 0.877. The fourth-order valence-corrected chi connectivity index (χ4v) is 2.19. The van der Waals surface area contributed by atoms with E-state index in [1.165, 1.54) is 0 Å². The van der Waals surface area contributed by atoms with Crippen molar-refractivity contribution in [2.75, 3.05) is 31.4 Å². The Balaban J connectivity index is 2.62. The second kappa shape index (κ2) is 5.35. The lowest BCUT2D eigenvalue weighted by Crippen LogP contribution is -2.14. The smallest absolute Gasteiger partial charge is 0.227 e. The van der Waals surface area contributed by atoms with Crippen LogP contribution in [-0.4, -0.2) is 31.1 Å². The predicted octanol–water partition coefficient (Wildman–Crippen LogP) is 3.01. The molecule has 2 rings (SSSR count). The highest BCUT2D eigenvalue weighted by atomic mass is 79.9. The van der Waals surface area contributed by atoms with E-state index < -0.39 is 0 Å². The van der Waals surface area contributed by atoms with Gasteiger partial charge in [-0.1, -0.05) is 30.3 Å². The Morgan fingerprint density at radius 3 is 2.33 bits per heavy atom. The molecule has 2 aromatic rings. The summed E-state index contributed by atoms with van der Waals surface area (Å²) >= 11 is 3.56. The number of nitrogens with one attached hydrogen (secondary N) is 1. The van der Waals surface area contributed by atoms with E-state index >= 15 is 0 Å². The van der Waals surface area contributed by atoms with Gasteiger partial charge in [0.05, 0.1) is 10.2 Å². The average molecular weight is 307 g/mol. The molecule has 0 unspecified atom stereocenters. The molecule has 0 fully saturated rings. The van der Waals surface area contributed by atoms with Crippen LogP contribution in [0, 0.1) is 0 Å². The highest BCUT2D eigenvalue weighted by molar-refractivity contribution is 9.10. The molecule has 94 valence electrons. The van der Waals surface area contributed by atoms with Crippen LogP contribution in [0.1, 0.15) is 0 Å². The quantitative estimate of drug-likeness (QED) is 0.946. The SMILES string of the molecule is CNc1nc(N(C)C)nc(-c2ccccc2)c1Br. The molecule has 1 heterocycles. The fourth-order valence-electron chi connectivity index (χ4n) is 1.59. The lowest BCUT2D eigenvalue weighted by Gasteiger charge is -2.15. The molecule has 0 spiro atoms. The van der Waals surface area contributed by atoms with E-state index in [2.05, 4.69) is 31.2 Å². The molecule has 0 atom stereocenters. The zero-order chi connectivity index (χ0) is 13.1. The van der Waals surface area contributed by atoms with Crippen molar-refractivity contribution in [3.05, 3.63) is 34.8 Å². The molecule has 0 saturated heterocycles. The van der Waals surface area contributed by atoms with Crippen molar-refractivity contribution >= 4 is 27.7 Å². The Hall–Kier alpha value is -1.62. The lowest BCUT2D eigenvalue weighted by atomic mass is 10.1. The van der Waals surface area contributed by atoms with E-state index in [0.717, 1.165) is 21.5 Å². The Labute approximate surface area is 115 Å². The minimum Gasteiger partial charge on any atom is -0.372 e. The molecular formula is C13H15BrN4. The third-order valence-electron chi connectivity index (χ3n) is 2.52. The van der Waals surface area contributed by atoms with Crippen molar-refractivity contribution in [1.29, 1.82) is 0 Å². The van der Waals surface area contributed by atoms with Crippen molar-refractivity contribution < 1.29 is 0 Å². The molecule has 0 amide bonds. The van der Waals surface area contributed by atoms with E-state index in [1.807, 2.05) is 56.4 Å². The summed E-state index contributed by atoms with van der Waals surface area (Å²) in [5.41, 5.74) is 1.95. The molecule has 0 bridgehead atoms. The van der Waals surface area contributed by atoms with Crippen molar-refractivity contribution in [2.24, 2.45) is 0 Å². The summed E-state index contributed by atoms with van der Waals surface area (Å²) in [7, 11) is 5.70. The van der Waals surface area contributed by atoms with E-state index in [9.17, 15) is 0 Å². The summed E-state index contributed by atoms with van der Waals surface area (Å²) in [6.45, 7) is 0. The molecule has 5 heteroatoms. The molecule has 0 radical (unpaired) electrons. The maximum Gasteiger partial charge on any atom is 0.227 e. The first-order valence-electron chi connectivity index (χ1n) is 5.61. The number of aromatic nitrogens is 2. The zero-order valence-electron chi connectivity index (χ0n) is 10.6. The number of nitrogens with zero attached hydrogens (tertiary/aromatic N) is 3. The molecule has 1 N–H and O–H groups in total. The molecule has 0 aliphatic heterocycles. The molecule has 0 saturated carbocycles. The second-order valence-corrected chi connectivity index (χ2v) is 4.84. The molecular weight excluding hydrogens is 292 g/mol. The van der Waals surface area contributed by atoms with Gasteiger partial charge in [-0.2, -0.15) is 4.98 Å². The number of anilines is 2. The number of hydrogen-bond donors (Lipinski definition) is 1. The first kappa shape index (κ1) is 12.8. The van der Waals surface area contributed by atoms with Gasteiger partial charge in [-0.05, 0) is 15.9 Å². The van der Waals surface area contributed by atoms with Crippen molar-refractivity contribution in [3.8, 4) is 11.3 Å². The van der Waals surface area contributed by atoms with E-state index in [1.54, 1.807) is 0 Å². The van der Waals surface area contributed by atoms with Crippen molar-refractivity contribution in [1.82, 2.24) is 9.97 Å². The van der Waals surface area contributed by atoms with Gasteiger partial charge < -0.3 is 10.2 Å². The van der Waals surface area contributed by atoms with Crippen LogP contribution in [0.15, 0.2) is 34.8 Å². The van der Waals surface area contributed by atoms with Gasteiger partial charge in [0.25, 0.3) is 0 Å². The van der Waals surface area contributed by atoms with Crippen LogP contribution >= 0.6 is 15.9 Å². The van der Waals surface area contributed by atoms with Crippen LogP contribution in [0.5, 0.6) is 0 Å². The molecule has 1 aromatic carbocycles. The van der Waals surface area contributed by atoms with Crippen LogP contribution in [-0.2, 0) is 0 Å². The van der Waals surface area contributed by atoms with Crippen LogP contribution in [0.4, 0.5) is 11.8 Å². The molecule has 0 aliphatic carbocycles. The second-order valence-electron chi connectivity index (χ2n) is 4.05. The van der Waals surface area contributed by atoms with E-state index in [4.69, 9.17) is 0 Å². The van der Waals surface area contributed by atoms with Gasteiger partial charge in [-0.3, -0.25) is 0 Å². The summed E-state index contributed by atoms with van der Waals surface area (Å²) in [5, 5.41) is 3.08. The summed E-state index contributed by atoms with van der Waals surface area (Å²) in [6.07, 6.45) is 0. The van der Waals surface area contributed by atoms with Crippen LogP contribution < -0.4 is 10.2 Å². The van der Waals surface area contributed by atoms with E-state index in [0.29, 0.717) is 5.95 Å². The maximum atomic E-state index is 4.58. The minimum absolute atomic E-state index is 0.682. The van der Waals surface area contributed by atoms with Crippen LogP contribution in [0.3, 0.4) is 0 Å². The van der Waals surface area contributed by atoms with Gasteiger partial charge in [-0.15, -0.1) is 0 Å². The highest BCUT2D eigenvalue weighted by Crippen LogP contribution is 2.32. The number of halogens is 1. The lowest BCUT2D eigenvalue weighted by molar-refractivity contribution is 0.997. The zero-order valence-corrected chi connectivity index (χ0v) is 12.2. The van der Waals surface area contributed by atoms with Gasteiger partial charge in [0, 0.05) is 26.7 Å². The summed E-state index contributed by atoms with van der Waals surface area (Å²) in [5.74, 6) is 1.47. The summed E-state index contributed by atoms with van der Waals surface area (Å²) in [6, 6.07) is 10.1. The topological polar surface area (TPSA) is 41.1 Å². The van der Waals surface area contributed by atoms with Gasteiger partial charge in [0.2, 0.25) is 5.95 Å². The first-order valence-corrected chi connectivity index (χ1v) is 6.41. The van der Waals surface area contributed by atoms with Crippen LogP contribution in [0.2, 0.25) is 0 Å². The number of benzene rings is 1. The first-order chi connectivity index (χ1) is 8.63. The van der Waals surface area contributed by atoms with Gasteiger partial charge >= 0.3 is 0 Å². The highest BCUT2D eigenvalue weighted by Gasteiger charge is 2.13. The Morgan fingerprint density at radius 1 is 1.11 bits per heavy atom. The maximum absolute atomic E-state index is 4.58. The Kier molecular flexibility index (Phi) is 3.81. The van der Waals surface area contributed by atoms with Gasteiger partial charge in [0.1, 0.15) is 5.82 Å². The number of rotatable bonds is 3. The minimum atomic E-state index is 0.682. The molecule has 0 aliphatic rings. The molecule has 1 aromatic heterocycles. The van der Waals surface area contributed by atoms with Gasteiger partial charge in [0.15, 0.2) is 0 Å². The molecule has 4 nitrogen and oxygen atoms in total. The Bertz CT molecular complexity index is 540. The van der Waals surface area contributed by atoms with Crippen molar-refractivity contribution in [3.63, 3.8) is 0 Å². The number of hydrogen-bond acceptors (Lipinski definition) is 4. The standard InChI is InChI=1S/C13H15BrN4/c1-15-12-10(14)11(9-7-5-4-6-8-9)16-13(17-12)18(2)3/h4-8H,1-3H3,(H,15,16,17). The largest absolute Gasteiger partial charge is 0.372 e. The normalized spacial score (nSPS) is 10.2. The van der Waals surface area contributed by atoms with Gasteiger partial charge in [-0.25, -0.2) is 4.98 Å². The van der Waals surface area contributed by atoms with Crippen LogP contribution in [0.25, 0.3) is 11.3 Å². The third-order valence-corrected chi connectivity index (χ3v) is 3.27. The molecule has 18 heavy (non-hydrogen) atoms. The summed E-state index contributed by atoms with van der Waals surface area (Å²) in [4.78, 5) is 10.9.